The molecule has 2 aromatic carbocycles. The average Bonchev–Trinajstić information content (AvgIpc) is 2.62. The predicted molar refractivity (Wildman–Crippen MR) is 103 cm³/mol. The Balaban J connectivity index is 1.65. The number of amides is 2. The van der Waals surface area contributed by atoms with E-state index in [0.717, 1.165) is 11.3 Å². The number of aryl methyl sites for hydroxylation is 2. The Morgan fingerprint density at radius 3 is 2.62 bits per heavy atom. The zero-order chi connectivity index (χ0) is 18.7. The highest BCUT2D eigenvalue weighted by atomic mass is 16.5. The zero-order valence-corrected chi connectivity index (χ0v) is 15.4. The van der Waals surface area contributed by atoms with Crippen LogP contribution in [0.4, 0.5) is 11.4 Å². The summed E-state index contributed by atoms with van der Waals surface area (Å²) in [4.78, 5) is 26.1. The maximum absolute atomic E-state index is 12.2. The molecule has 0 radical (unpaired) electrons. The summed E-state index contributed by atoms with van der Waals surface area (Å²) < 4.78 is 5.70. The Bertz CT molecular complexity index is 815. The van der Waals surface area contributed by atoms with Crippen LogP contribution in [-0.2, 0) is 16.0 Å². The van der Waals surface area contributed by atoms with Crippen LogP contribution in [0.3, 0.4) is 0 Å². The summed E-state index contributed by atoms with van der Waals surface area (Å²) in [5, 5.41) is 2.91. The number of anilines is 2. The number of ether oxygens (including phenoxy) is 1. The number of fused-ring (bicyclic) bond motifs is 1. The molecule has 1 N–H and O–H groups in total. The highest BCUT2D eigenvalue weighted by Crippen LogP contribution is 2.36. The Labute approximate surface area is 154 Å². The molecule has 26 heavy (non-hydrogen) atoms. The number of nitrogens with zero attached hydrogens (tertiary/aromatic N) is 1. The van der Waals surface area contributed by atoms with Gasteiger partial charge in [-0.05, 0) is 44.9 Å². The van der Waals surface area contributed by atoms with Crippen LogP contribution in [-0.4, -0.2) is 24.5 Å². The first-order valence-corrected chi connectivity index (χ1v) is 8.95. The quantitative estimate of drug-likeness (QED) is 0.893. The molecule has 2 amide bonds. The molecule has 1 atom stereocenters. The number of hydrogen-bond acceptors (Lipinski definition) is 3. The van der Waals surface area contributed by atoms with E-state index in [1.54, 1.807) is 24.0 Å². The van der Waals surface area contributed by atoms with E-state index < -0.39 is 6.10 Å². The second kappa shape index (κ2) is 7.60. The summed E-state index contributed by atoms with van der Waals surface area (Å²) in [5.41, 5.74) is 3.77. The molecule has 5 heteroatoms. The fourth-order valence-corrected chi connectivity index (χ4v) is 3.05. The maximum atomic E-state index is 12.2. The summed E-state index contributed by atoms with van der Waals surface area (Å²) in [6.45, 7) is 6.30. The van der Waals surface area contributed by atoms with Gasteiger partial charge < -0.3 is 15.0 Å². The van der Waals surface area contributed by atoms with Crippen LogP contribution >= 0.6 is 0 Å². The lowest BCUT2D eigenvalue weighted by molar-refractivity contribution is -0.125. The second-order valence-electron chi connectivity index (χ2n) is 6.56. The van der Waals surface area contributed by atoms with Crippen molar-refractivity contribution in [3.63, 3.8) is 0 Å². The molecule has 0 saturated carbocycles. The van der Waals surface area contributed by atoms with Crippen LogP contribution < -0.4 is 15.0 Å². The molecule has 0 saturated heterocycles. The van der Waals surface area contributed by atoms with Crippen molar-refractivity contribution in [2.75, 3.05) is 16.8 Å². The van der Waals surface area contributed by atoms with E-state index in [1.165, 1.54) is 5.56 Å². The SMILES string of the molecule is CCN1C(=O)C(C)Oc2cc(NC(=O)CCc3ccc(C)cc3)ccc21. The molecule has 2 aromatic rings. The Morgan fingerprint density at radius 1 is 1.19 bits per heavy atom. The van der Waals surface area contributed by atoms with Gasteiger partial charge in [-0.1, -0.05) is 29.8 Å². The lowest BCUT2D eigenvalue weighted by Gasteiger charge is -2.32. The number of benzene rings is 2. The standard InChI is InChI=1S/C21H24N2O3/c1-4-23-18-11-10-17(13-19(18)26-15(3)21(23)25)22-20(24)12-9-16-7-5-14(2)6-8-16/h5-8,10-11,13,15H,4,9,12H2,1-3H3,(H,22,24). The summed E-state index contributed by atoms with van der Waals surface area (Å²) >= 11 is 0. The van der Waals surface area contributed by atoms with E-state index in [2.05, 4.69) is 17.4 Å². The third-order valence-corrected chi connectivity index (χ3v) is 4.53. The van der Waals surface area contributed by atoms with E-state index in [0.29, 0.717) is 30.8 Å². The van der Waals surface area contributed by atoms with Crippen molar-refractivity contribution in [1.29, 1.82) is 0 Å². The molecule has 3 rings (SSSR count). The van der Waals surface area contributed by atoms with Crippen LogP contribution in [0.1, 0.15) is 31.4 Å². The van der Waals surface area contributed by atoms with Crippen molar-refractivity contribution >= 4 is 23.2 Å². The first-order valence-electron chi connectivity index (χ1n) is 8.95. The van der Waals surface area contributed by atoms with Gasteiger partial charge in [-0.2, -0.15) is 0 Å². The van der Waals surface area contributed by atoms with E-state index >= 15 is 0 Å². The lowest BCUT2D eigenvalue weighted by atomic mass is 10.1. The fourth-order valence-electron chi connectivity index (χ4n) is 3.05. The van der Waals surface area contributed by atoms with Gasteiger partial charge in [-0.3, -0.25) is 9.59 Å². The van der Waals surface area contributed by atoms with Gasteiger partial charge >= 0.3 is 0 Å². The molecule has 0 fully saturated rings. The Morgan fingerprint density at radius 2 is 1.92 bits per heavy atom. The number of rotatable bonds is 5. The van der Waals surface area contributed by atoms with Gasteiger partial charge in [0.2, 0.25) is 5.91 Å². The number of carbonyl (C=O) groups excluding carboxylic acids is 2. The normalized spacial score (nSPS) is 16.0. The van der Waals surface area contributed by atoms with Crippen LogP contribution in [0.2, 0.25) is 0 Å². The van der Waals surface area contributed by atoms with Crippen molar-refractivity contribution in [2.24, 2.45) is 0 Å². The summed E-state index contributed by atoms with van der Waals surface area (Å²) in [6, 6.07) is 13.6. The molecule has 0 bridgehead atoms. The molecule has 0 spiro atoms. The zero-order valence-electron chi connectivity index (χ0n) is 15.4. The minimum Gasteiger partial charge on any atom is -0.479 e. The van der Waals surface area contributed by atoms with Gasteiger partial charge in [0.25, 0.3) is 5.91 Å². The minimum atomic E-state index is -0.519. The highest BCUT2D eigenvalue weighted by molar-refractivity contribution is 6.00. The molecule has 0 aromatic heterocycles. The number of nitrogens with one attached hydrogen (secondary N) is 1. The van der Waals surface area contributed by atoms with Gasteiger partial charge in [0.1, 0.15) is 5.75 Å². The van der Waals surface area contributed by atoms with Crippen molar-refractivity contribution in [3.8, 4) is 5.75 Å². The summed E-state index contributed by atoms with van der Waals surface area (Å²) in [6.07, 6.45) is 0.592. The van der Waals surface area contributed by atoms with E-state index in [9.17, 15) is 9.59 Å². The molecule has 136 valence electrons. The molecule has 1 aliphatic heterocycles. The first kappa shape index (κ1) is 18.0. The summed E-state index contributed by atoms with van der Waals surface area (Å²) in [7, 11) is 0. The largest absolute Gasteiger partial charge is 0.479 e. The van der Waals surface area contributed by atoms with Gasteiger partial charge in [0.15, 0.2) is 6.10 Å². The number of hydrogen-bond donors (Lipinski definition) is 1. The predicted octanol–water partition coefficient (Wildman–Crippen LogP) is 3.70. The topological polar surface area (TPSA) is 58.6 Å². The Kier molecular flexibility index (Phi) is 5.26. The number of carbonyl (C=O) groups is 2. The van der Waals surface area contributed by atoms with E-state index in [4.69, 9.17) is 4.74 Å². The van der Waals surface area contributed by atoms with E-state index in [1.807, 2.05) is 32.0 Å². The smallest absolute Gasteiger partial charge is 0.267 e. The number of likely N-dealkylation sites (N-methyl/N-ethyl adjacent to an activating group) is 1. The van der Waals surface area contributed by atoms with Crippen molar-refractivity contribution < 1.29 is 14.3 Å². The van der Waals surface area contributed by atoms with Gasteiger partial charge in [0, 0.05) is 24.7 Å². The van der Waals surface area contributed by atoms with Crippen molar-refractivity contribution in [3.05, 3.63) is 53.6 Å². The first-order chi connectivity index (χ1) is 12.5. The Hall–Kier alpha value is -2.82. The van der Waals surface area contributed by atoms with Crippen LogP contribution in [0.15, 0.2) is 42.5 Å². The summed E-state index contributed by atoms with van der Waals surface area (Å²) in [5.74, 6) is 0.531. The third-order valence-electron chi connectivity index (χ3n) is 4.53. The van der Waals surface area contributed by atoms with Crippen LogP contribution in [0.5, 0.6) is 5.75 Å². The fraction of sp³-hybridized carbons (Fsp3) is 0.333. The molecule has 0 aliphatic carbocycles. The van der Waals surface area contributed by atoms with Crippen molar-refractivity contribution in [2.45, 2.75) is 39.7 Å². The monoisotopic (exact) mass is 352 g/mol. The molecule has 1 heterocycles. The van der Waals surface area contributed by atoms with Crippen molar-refractivity contribution in [1.82, 2.24) is 0 Å². The molecule has 1 aliphatic rings. The minimum absolute atomic E-state index is 0.0437. The molecule has 5 nitrogen and oxygen atoms in total. The van der Waals surface area contributed by atoms with Crippen LogP contribution in [0.25, 0.3) is 0 Å². The van der Waals surface area contributed by atoms with Crippen LogP contribution in [0, 0.1) is 6.92 Å². The molecular weight excluding hydrogens is 328 g/mol. The third kappa shape index (κ3) is 3.87. The lowest BCUT2D eigenvalue weighted by Crippen LogP contribution is -2.44. The highest BCUT2D eigenvalue weighted by Gasteiger charge is 2.30. The molecule has 1 unspecified atom stereocenters. The van der Waals surface area contributed by atoms with Gasteiger partial charge in [-0.15, -0.1) is 0 Å². The van der Waals surface area contributed by atoms with Gasteiger partial charge in [-0.25, -0.2) is 0 Å². The second-order valence-corrected chi connectivity index (χ2v) is 6.56. The van der Waals surface area contributed by atoms with Gasteiger partial charge in [0.05, 0.1) is 5.69 Å². The molecular formula is C21H24N2O3. The van der Waals surface area contributed by atoms with E-state index in [-0.39, 0.29) is 11.8 Å². The maximum Gasteiger partial charge on any atom is 0.267 e. The average molecular weight is 352 g/mol.